The number of amides is 2. The van der Waals surface area contributed by atoms with Gasteiger partial charge in [0.15, 0.2) is 0 Å². The van der Waals surface area contributed by atoms with Crippen molar-refractivity contribution in [3.05, 3.63) is 34.9 Å². The molecule has 0 aromatic heterocycles. The summed E-state index contributed by atoms with van der Waals surface area (Å²) in [6, 6.07) is 5.81. The third-order valence-corrected chi connectivity index (χ3v) is 3.87. The molecule has 1 aromatic rings. The average molecular weight is 275 g/mol. The Morgan fingerprint density at radius 2 is 1.95 bits per heavy atom. The quantitative estimate of drug-likeness (QED) is 0.860. The molecule has 108 valence electrons. The predicted octanol–water partition coefficient (Wildman–Crippen LogP) is 2.12. The molecule has 0 saturated carbocycles. The second kappa shape index (κ2) is 5.02. The lowest BCUT2D eigenvalue weighted by Gasteiger charge is -2.22. The van der Waals surface area contributed by atoms with Crippen LogP contribution in [0.25, 0.3) is 0 Å². The number of β-amino-alcohol motifs (C(OH)–C–C–N with tert-alkyl or cyclic N) is 1. The maximum absolute atomic E-state index is 12.2. The Morgan fingerprint density at radius 3 is 2.50 bits per heavy atom. The van der Waals surface area contributed by atoms with Gasteiger partial charge in [0.2, 0.25) is 11.8 Å². The Hall–Kier alpha value is -1.68. The lowest BCUT2D eigenvalue weighted by atomic mass is 9.92. The van der Waals surface area contributed by atoms with E-state index in [2.05, 4.69) is 0 Å². The van der Waals surface area contributed by atoms with Gasteiger partial charge in [-0.15, -0.1) is 0 Å². The SMILES string of the molecule is Cc1ccc(C)c(C(O)CN2C(=O)CC(C)(C)C2=O)c1. The Kier molecular flexibility index (Phi) is 3.69. The molecule has 1 N–H and O–H groups in total. The van der Waals surface area contributed by atoms with Crippen LogP contribution in [0.1, 0.15) is 43.1 Å². The summed E-state index contributed by atoms with van der Waals surface area (Å²) in [6.45, 7) is 7.42. The van der Waals surface area contributed by atoms with E-state index in [-0.39, 0.29) is 24.8 Å². The van der Waals surface area contributed by atoms with Crippen LogP contribution in [0.15, 0.2) is 18.2 Å². The molecule has 0 radical (unpaired) electrons. The maximum Gasteiger partial charge on any atom is 0.235 e. The number of aliphatic hydroxyl groups excluding tert-OH is 1. The molecular weight excluding hydrogens is 254 g/mol. The van der Waals surface area contributed by atoms with Gasteiger partial charge in [-0.2, -0.15) is 0 Å². The van der Waals surface area contributed by atoms with Gasteiger partial charge in [0, 0.05) is 6.42 Å². The van der Waals surface area contributed by atoms with E-state index in [4.69, 9.17) is 0 Å². The van der Waals surface area contributed by atoms with E-state index < -0.39 is 11.5 Å². The van der Waals surface area contributed by atoms with Gasteiger partial charge in [0.25, 0.3) is 0 Å². The molecule has 1 aliphatic rings. The molecule has 2 amide bonds. The summed E-state index contributed by atoms with van der Waals surface area (Å²) in [7, 11) is 0. The third kappa shape index (κ3) is 2.61. The number of rotatable bonds is 3. The number of carbonyl (C=O) groups is 2. The van der Waals surface area contributed by atoms with Crippen molar-refractivity contribution in [2.24, 2.45) is 5.41 Å². The number of likely N-dealkylation sites (tertiary alicyclic amines) is 1. The van der Waals surface area contributed by atoms with E-state index in [1.54, 1.807) is 13.8 Å². The van der Waals surface area contributed by atoms with E-state index in [0.717, 1.165) is 16.7 Å². The van der Waals surface area contributed by atoms with E-state index >= 15 is 0 Å². The summed E-state index contributed by atoms with van der Waals surface area (Å²) >= 11 is 0. The predicted molar refractivity (Wildman–Crippen MR) is 76.0 cm³/mol. The van der Waals surface area contributed by atoms with Crippen LogP contribution >= 0.6 is 0 Å². The van der Waals surface area contributed by atoms with Gasteiger partial charge in [-0.1, -0.05) is 37.6 Å². The molecule has 20 heavy (non-hydrogen) atoms. The molecule has 1 aliphatic heterocycles. The van der Waals surface area contributed by atoms with Gasteiger partial charge < -0.3 is 5.11 Å². The molecule has 2 rings (SSSR count). The van der Waals surface area contributed by atoms with Crippen molar-refractivity contribution in [2.75, 3.05) is 6.54 Å². The number of hydrogen-bond donors (Lipinski definition) is 1. The molecule has 4 nitrogen and oxygen atoms in total. The molecule has 1 unspecified atom stereocenters. The summed E-state index contributed by atoms with van der Waals surface area (Å²) < 4.78 is 0. The zero-order valence-corrected chi connectivity index (χ0v) is 12.4. The van der Waals surface area contributed by atoms with E-state index in [1.807, 2.05) is 32.0 Å². The van der Waals surface area contributed by atoms with Gasteiger partial charge >= 0.3 is 0 Å². The summed E-state index contributed by atoms with van der Waals surface area (Å²) in [5, 5.41) is 10.3. The van der Waals surface area contributed by atoms with Gasteiger partial charge in [-0.05, 0) is 25.0 Å². The molecule has 1 atom stereocenters. The lowest BCUT2D eigenvalue weighted by Crippen LogP contribution is -2.36. The number of hydrogen-bond acceptors (Lipinski definition) is 3. The smallest absolute Gasteiger partial charge is 0.235 e. The molecular formula is C16H21NO3. The largest absolute Gasteiger partial charge is 0.387 e. The van der Waals surface area contributed by atoms with Crippen LogP contribution in [0, 0.1) is 19.3 Å². The van der Waals surface area contributed by atoms with Crippen LogP contribution in [0.4, 0.5) is 0 Å². The van der Waals surface area contributed by atoms with Gasteiger partial charge in [0.1, 0.15) is 0 Å². The minimum atomic E-state index is -0.836. The summed E-state index contributed by atoms with van der Waals surface area (Å²) in [5.41, 5.74) is 2.12. The van der Waals surface area contributed by atoms with E-state index in [1.165, 1.54) is 4.90 Å². The van der Waals surface area contributed by atoms with Gasteiger partial charge in [-0.25, -0.2) is 0 Å². The van der Waals surface area contributed by atoms with Crippen molar-refractivity contribution < 1.29 is 14.7 Å². The molecule has 0 spiro atoms. The van der Waals surface area contributed by atoms with Crippen molar-refractivity contribution in [1.82, 2.24) is 4.90 Å². The number of aliphatic hydroxyl groups is 1. The van der Waals surface area contributed by atoms with Crippen LogP contribution in [-0.2, 0) is 9.59 Å². The second-order valence-electron chi connectivity index (χ2n) is 6.25. The first-order valence-corrected chi connectivity index (χ1v) is 6.82. The standard InChI is InChI=1S/C16H21NO3/c1-10-5-6-11(2)12(7-10)13(18)9-17-14(19)8-16(3,4)15(17)20/h5-7,13,18H,8-9H2,1-4H3. The third-order valence-electron chi connectivity index (χ3n) is 3.87. The first-order valence-electron chi connectivity index (χ1n) is 6.82. The molecule has 0 aliphatic carbocycles. The molecule has 1 saturated heterocycles. The van der Waals surface area contributed by atoms with Crippen LogP contribution in [-0.4, -0.2) is 28.4 Å². The average Bonchev–Trinajstić information content (AvgIpc) is 2.54. The molecule has 1 heterocycles. The number of aryl methyl sites for hydroxylation is 2. The number of benzene rings is 1. The Balaban J connectivity index is 2.20. The Labute approximate surface area is 119 Å². The zero-order chi connectivity index (χ0) is 15.1. The zero-order valence-electron chi connectivity index (χ0n) is 12.4. The number of imide groups is 1. The Morgan fingerprint density at radius 1 is 1.30 bits per heavy atom. The highest BCUT2D eigenvalue weighted by atomic mass is 16.3. The highest BCUT2D eigenvalue weighted by Gasteiger charge is 2.45. The van der Waals surface area contributed by atoms with Crippen molar-refractivity contribution in [2.45, 2.75) is 40.2 Å². The fourth-order valence-electron chi connectivity index (χ4n) is 2.60. The van der Waals surface area contributed by atoms with E-state index in [9.17, 15) is 14.7 Å². The molecule has 1 aromatic carbocycles. The van der Waals surface area contributed by atoms with Crippen molar-refractivity contribution in [3.63, 3.8) is 0 Å². The number of carbonyl (C=O) groups excluding carboxylic acids is 2. The van der Waals surface area contributed by atoms with Crippen LogP contribution in [0.3, 0.4) is 0 Å². The topological polar surface area (TPSA) is 57.6 Å². The van der Waals surface area contributed by atoms with Gasteiger partial charge in [0.05, 0.1) is 18.1 Å². The monoisotopic (exact) mass is 275 g/mol. The van der Waals surface area contributed by atoms with Crippen molar-refractivity contribution in [3.8, 4) is 0 Å². The summed E-state index contributed by atoms with van der Waals surface area (Å²) in [4.78, 5) is 25.3. The van der Waals surface area contributed by atoms with Crippen LogP contribution in [0.5, 0.6) is 0 Å². The summed E-state index contributed by atoms with van der Waals surface area (Å²) in [5.74, 6) is -0.406. The lowest BCUT2D eigenvalue weighted by molar-refractivity contribution is -0.142. The highest BCUT2D eigenvalue weighted by molar-refractivity contribution is 6.05. The van der Waals surface area contributed by atoms with Crippen LogP contribution in [0.2, 0.25) is 0 Å². The van der Waals surface area contributed by atoms with Gasteiger partial charge in [-0.3, -0.25) is 14.5 Å². The Bertz CT molecular complexity index is 563. The van der Waals surface area contributed by atoms with E-state index in [0.29, 0.717) is 0 Å². The minimum Gasteiger partial charge on any atom is -0.387 e. The molecule has 0 bridgehead atoms. The normalized spacial score (nSPS) is 19.6. The van der Waals surface area contributed by atoms with Crippen molar-refractivity contribution in [1.29, 1.82) is 0 Å². The molecule has 4 heteroatoms. The fraction of sp³-hybridized carbons (Fsp3) is 0.500. The first-order chi connectivity index (χ1) is 9.22. The van der Waals surface area contributed by atoms with Crippen LogP contribution < -0.4 is 0 Å². The first kappa shape index (κ1) is 14.7. The summed E-state index contributed by atoms with van der Waals surface area (Å²) in [6.07, 6.45) is -0.623. The fourth-order valence-corrected chi connectivity index (χ4v) is 2.60. The van der Waals surface area contributed by atoms with Crippen molar-refractivity contribution >= 4 is 11.8 Å². The number of nitrogens with zero attached hydrogens (tertiary/aromatic N) is 1. The highest BCUT2D eigenvalue weighted by Crippen LogP contribution is 2.33. The minimum absolute atomic E-state index is 0.0331. The molecule has 1 fully saturated rings. The maximum atomic E-state index is 12.2. The second-order valence-corrected chi connectivity index (χ2v) is 6.25.